The van der Waals surface area contributed by atoms with Gasteiger partial charge in [-0.05, 0) is 24.1 Å². The third kappa shape index (κ3) is 5.57. The number of nitrogens with zero attached hydrogens (tertiary/aromatic N) is 2. The number of hydrogen-bond donors (Lipinski definition) is 1. The molecule has 1 amide bonds. The molecule has 0 aliphatic rings. The van der Waals surface area contributed by atoms with Crippen LogP contribution in [0.1, 0.15) is 12.0 Å². The Labute approximate surface area is 129 Å². The molecule has 0 aromatic heterocycles. The Morgan fingerprint density at radius 2 is 1.70 bits per heavy atom. The average molecular weight is 319 g/mol. The van der Waals surface area contributed by atoms with E-state index in [1.807, 2.05) is 17.1 Å². The first-order valence-electron chi connectivity index (χ1n) is 6.49. The first-order chi connectivity index (χ1) is 9.58. The van der Waals surface area contributed by atoms with Crippen molar-refractivity contribution in [1.82, 2.24) is 10.0 Å². The van der Waals surface area contributed by atoms with Crippen molar-refractivity contribution in [2.24, 2.45) is 0 Å². The van der Waals surface area contributed by atoms with Crippen molar-refractivity contribution in [3.8, 4) is 5.75 Å². The van der Waals surface area contributed by atoms with E-state index in [9.17, 15) is 9.90 Å². The van der Waals surface area contributed by atoms with Gasteiger partial charge in [-0.15, -0.1) is 23.2 Å². The Bertz CT molecular complexity index is 406. The van der Waals surface area contributed by atoms with E-state index in [4.69, 9.17) is 23.2 Å². The van der Waals surface area contributed by atoms with Gasteiger partial charge in [0, 0.05) is 38.3 Å². The van der Waals surface area contributed by atoms with E-state index in [2.05, 4.69) is 0 Å². The first kappa shape index (κ1) is 17.1. The van der Waals surface area contributed by atoms with Crippen molar-refractivity contribution in [2.45, 2.75) is 12.8 Å². The predicted molar refractivity (Wildman–Crippen MR) is 82.2 cm³/mol. The fourth-order valence-corrected chi connectivity index (χ4v) is 2.23. The molecule has 0 saturated heterocycles. The van der Waals surface area contributed by atoms with Crippen LogP contribution in [-0.4, -0.2) is 52.9 Å². The molecule has 0 bridgehead atoms. The normalized spacial score (nSPS) is 10.8. The average Bonchev–Trinajstić information content (AvgIpc) is 2.45. The van der Waals surface area contributed by atoms with E-state index < -0.39 is 0 Å². The van der Waals surface area contributed by atoms with Crippen LogP contribution in [0.2, 0.25) is 0 Å². The maximum absolute atomic E-state index is 12.1. The summed E-state index contributed by atoms with van der Waals surface area (Å²) in [5.41, 5.74) is 1.02. The lowest BCUT2D eigenvalue weighted by Crippen LogP contribution is -2.45. The molecule has 0 atom stereocenters. The van der Waals surface area contributed by atoms with Gasteiger partial charge in [0.1, 0.15) is 5.75 Å². The van der Waals surface area contributed by atoms with Gasteiger partial charge in [-0.25, -0.2) is 5.01 Å². The van der Waals surface area contributed by atoms with Crippen LogP contribution < -0.4 is 0 Å². The minimum absolute atomic E-state index is 0.0216. The fourth-order valence-electron chi connectivity index (χ4n) is 1.84. The standard InChI is InChI=1S/C14H20Cl2N2O2/c1-17(18(10-8-15)11-9-16)14(20)7-4-12-2-5-13(19)6-3-12/h2-3,5-6,19H,4,7-11H2,1H3. The van der Waals surface area contributed by atoms with Gasteiger partial charge in [0.05, 0.1) is 0 Å². The lowest BCUT2D eigenvalue weighted by Gasteiger charge is -2.31. The number of hydrogen-bond acceptors (Lipinski definition) is 3. The van der Waals surface area contributed by atoms with Gasteiger partial charge < -0.3 is 5.11 Å². The Hall–Kier alpha value is -0.970. The molecular formula is C14H20Cl2N2O2. The summed E-state index contributed by atoms with van der Waals surface area (Å²) in [6, 6.07) is 6.88. The minimum atomic E-state index is 0.0216. The number of benzene rings is 1. The molecule has 4 nitrogen and oxygen atoms in total. The van der Waals surface area contributed by atoms with Crippen LogP contribution >= 0.6 is 23.2 Å². The Morgan fingerprint density at radius 1 is 1.15 bits per heavy atom. The van der Waals surface area contributed by atoms with E-state index in [0.717, 1.165) is 5.56 Å². The molecule has 0 fully saturated rings. The molecule has 0 saturated carbocycles. The topological polar surface area (TPSA) is 43.8 Å². The largest absolute Gasteiger partial charge is 0.508 e. The van der Waals surface area contributed by atoms with Gasteiger partial charge in [0.2, 0.25) is 5.91 Å². The Balaban J connectivity index is 2.49. The number of rotatable bonds is 8. The van der Waals surface area contributed by atoms with Crippen LogP contribution in [-0.2, 0) is 11.2 Å². The number of carbonyl (C=O) groups is 1. The summed E-state index contributed by atoms with van der Waals surface area (Å²) >= 11 is 11.4. The van der Waals surface area contributed by atoms with Crippen molar-refractivity contribution in [3.05, 3.63) is 29.8 Å². The van der Waals surface area contributed by atoms with Crippen LogP contribution in [0.3, 0.4) is 0 Å². The lowest BCUT2D eigenvalue weighted by atomic mass is 10.1. The van der Waals surface area contributed by atoms with Crippen LogP contribution in [0, 0.1) is 0 Å². The lowest BCUT2D eigenvalue weighted by molar-refractivity contribution is -0.144. The second-order valence-corrected chi connectivity index (χ2v) is 5.17. The number of halogens is 2. The molecule has 1 aromatic carbocycles. The van der Waals surface area contributed by atoms with Gasteiger partial charge in [-0.2, -0.15) is 0 Å². The zero-order valence-electron chi connectivity index (χ0n) is 11.6. The second kappa shape index (κ2) is 9.06. The summed E-state index contributed by atoms with van der Waals surface area (Å²) in [7, 11) is 1.73. The molecule has 1 aromatic rings. The quantitative estimate of drug-likeness (QED) is 0.591. The maximum Gasteiger partial charge on any atom is 0.236 e. The van der Waals surface area contributed by atoms with Crippen LogP contribution in [0.15, 0.2) is 24.3 Å². The molecule has 0 radical (unpaired) electrons. The summed E-state index contributed by atoms with van der Waals surface area (Å²) in [6.45, 7) is 1.19. The number of phenols is 1. The number of amides is 1. The zero-order valence-corrected chi connectivity index (χ0v) is 13.1. The molecule has 20 heavy (non-hydrogen) atoms. The van der Waals surface area contributed by atoms with Gasteiger partial charge in [-0.1, -0.05) is 12.1 Å². The fraction of sp³-hybridized carbons (Fsp3) is 0.500. The third-order valence-electron chi connectivity index (χ3n) is 3.03. The summed E-state index contributed by atoms with van der Waals surface area (Å²) < 4.78 is 0. The summed E-state index contributed by atoms with van der Waals surface area (Å²) in [5.74, 6) is 1.15. The molecular weight excluding hydrogens is 299 g/mol. The number of alkyl halides is 2. The molecule has 0 unspecified atom stereocenters. The third-order valence-corrected chi connectivity index (χ3v) is 3.37. The predicted octanol–water partition coefficient (Wildman–Crippen LogP) is 2.48. The van der Waals surface area contributed by atoms with E-state index >= 15 is 0 Å². The van der Waals surface area contributed by atoms with Gasteiger partial charge >= 0.3 is 0 Å². The molecule has 0 spiro atoms. The molecule has 1 rings (SSSR count). The first-order valence-corrected chi connectivity index (χ1v) is 7.56. The summed E-state index contributed by atoms with van der Waals surface area (Å²) in [6.07, 6.45) is 1.04. The highest BCUT2D eigenvalue weighted by molar-refractivity contribution is 6.18. The van der Waals surface area contributed by atoms with Crippen LogP contribution in [0.5, 0.6) is 5.75 Å². The van der Waals surface area contributed by atoms with Crippen molar-refractivity contribution in [1.29, 1.82) is 0 Å². The van der Waals surface area contributed by atoms with E-state index in [1.165, 1.54) is 0 Å². The molecule has 6 heteroatoms. The molecule has 112 valence electrons. The summed E-state index contributed by atoms with van der Waals surface area (Å²) in [4.78, 5) is 12.1. The van der Waals surface area contributed by atoms with E-state index in [0.29, 0.717) is 37.7 Å². The second-order valence-electron chi connectivity index (χ2n) is 4.42. The Kier molecular flexibility index (Phi) is 7.73. The number of aryl methyl sites for hydroxylation is 1. The molecule has 0 heterocycles. The van der Waals surface area contributed by atoms with Crippen LogP contribution in [0.4, 0.5) is 0 Å². The molecule has 1 N–H and O–H groups in total. The maximum atomic E-state index is 12.1. The highest BCUT2D eigenvalue weighted by atomic mass is 35.5. The highest BCUT2D eigenvalue weighted by Crippen LogP contribution is 2.12. The number of carbonyl (C=O) groups excluding carboxylic acids is 1. The van der Waals surface area contributed by atoms with Crippen LogP contribution in [0.25, 0.3) is 0 Å². The van der Waals surface area contributed by atoms with Crippen molar-refractivity contribution < 1.29 is 9.90 Å². The number of phenolic OH excluding ortho intramolecular Hbond substituents is 1. The number of aromatic hydroxyl groups is 1. The SMILES string of the molecule is CN(C(=O)CCc1ccc(O)cc1)N(CCCl)CCCl. The monoisotopic (exact) mass is 318 g/mol. The van der Waals surface area contributed by atoms with E-state index in [-0.39, 0.29) is 11.7 Å². The zero-order chi connectivity index (χ0) is 15.0. The minimum Gasteiger partial charge on any atom is -0.508 e. The Morgan fingerprint density at radius 3 is 2.20 bits per heavy atom. The molecule has 0 aliphatic heterocycles. The van der Waals surface area contributed by atoms with Gasteiger partial charge in [0.15, 0.2) is 0 Å². The smallest absolute Gasteiger partial charge is 0.236 e. The van der Waals surface area contributed by atoms with E-state index in [1.54, 1.807) is 24.2 Å². The van der Waals surface area contributed by atoms with Crippen molar-refractivity contribution in [2.75, 3.05) is 31.9 Å². The van der Waals surface area contributed by atoms with Crippen molar-refractivity contribution in [3.63, 3.8) is 0 Å². The molecule has 0 aliphatic carbocycles. The van der Waals surface area contributed by atoms with Gasteiger partial charge in [-0.3, -0.25) is 9.80 Å². The van der Waals surface area contributed by atoms with Gasteiger partial charge in [0.25, 0.3) is 0 Å². The highest BCUT2D eigenvalue weighted by Gasteiger charge is 2.16. The summed E-state index contributed by atoms with van der Waals surface area (Å²) in [5, 5.41) is 12.6. The number of hydrazine groups is 1. The van der Waals surface area contributed by atoms with Crippen molar-refractivity contribution >= 4 is 29.1 Å².